The molecule has 0 fully saturated rings. The summed E-state index contributed by atoms with van der Waals surface area (Å²) in [6.45, 7) is 1.57. The van der Waals surface area contributed by atoms with Gasteiger partial charge < -0.3 is 19.7 Å². The third-order valence-corrected chi connectivity index (χ3v) is 5.86. The molecule has 0 heterocycles. The average Bonchev–Trinajstić information content (AvgIpc) is 2.98. The third kappa shape index (κ3) is 5.44. The summed E-state index contributed by atoms with van der Waals surface area (Å²) in [4.78, 5) is 53.8. The maximum Gasteiger partial charge on any atom is 0.343 e. The van der Waals surface area contributed by atoms with E-state index in [2.05, 4.69) is 0 Å². The Labute approximate surface area is 228 Å². The van der Waals surface area contributed by atoms with E-state index in [4.69, 9.17) is 9.47 Å². The lowest BCUT2D eigenvalue weighted by Crippen LogP contribution is -2.22. The van der Waals surface area contributed by atoms with Crippen molar-refractivity contribution in [3.8, 4) is 17.2 Å². The highest BCUT2D eigenvalue weighted by Gasteiger charge is 2.38. The molecule has 0 aliphatic rings. The first-order valence-electron chi connectivity index (χ1n) is 12.2. The fourth-order valence-electron chi connectivity index (χ4n) is 3.95. The highest BCUT2D eigenvalue weighted by molar-refractivity contribution is 6.24. The molecule has 0 atom stereocenters. The third-order valence-electron chi connectivity index (χ3n) is 5.86. The molecule has 0 aliphatic heterocycles. The van der Waals surface area contributed by atoms with Crippen molar-refractivity contribution in [3.63, 3.8) is 0 Å². The van der Waals surface area contributed by atoms with Crippen LogP contribution in [0.1, 0.15) is 65.9 Å². The Morgan fingerprint density at radius 3 is 1.85 bits per heavy atom. The fourth-order valence-corrected chi connectivity index (χ4v) is 3.95. The molecule has 0 saturated carbocycles. The molecule has 8 nitrogen and oxygen atoms in total. The number of hydrogen-bond donors (Lipinski definition) is 2. The lowest BCUT2D eigenvalue weighted by atomic mass is 9.88. The fraction of sp³-hybridized carbons (Fsp3) is 0.0968. The number of benzene rings is 4. The van der Waals surface area contributed by atoms with Crippen LogP contribution >= 0.6 is 0 Å². The molecule has 0 aliphatic carbocycles. The molecule has 0 unspecified atom stereocenters. The molecule has 40 heavy (non-hydrogen) atoms. The Kier molecular flexibility index (Phi) is 8.34. The lowest BCUT2D eigenvalue weighted by molar-refractivity contribution is 0.0496. The molecule has 0 saturated heterocycles. The van der Waals surface area contributed by atoms with Gasteiger partial charge in [0.15, 0.2) is 17.3 Å². The van der Waals surface area contributed by atoms with Crippen molar-refractivity contribution >= 4 is 23.5 Å². The van der Waals surface area contributed by atoms with E-state index in [1.54, 1.807) is 19.1 Å². The second-order valence-electron chi connectivity index (χ2n) is 8.55. The summed E-state index contributed by atoms with van der Waals surface area (Å²) in [6, 6.07) is 19.8. The first-order valence-corrected chi connectivity index (χ1v) is 12.2. The standard InChI is InChI=1S/C31H23FO8/c1-2-17-39-31(38)22-23(25(33)18-11-5-3-6-12-18)27(35)28(36)29(40-30(37)19-13-7-4-8-14-19)24(22)26(34)20-15-9-10-16-21(20)32/h3-16,35-36H,2,17H2,1H3. The molecular formula is C31H23FO8. The highest BCUT2D eigenvalue weighted by Crippen LogP contribution is 2.46. The zero-order chi connectivity index (χ0) is 28.8. The molecule has 0 amide bonds. The average molecular weight is 543 g/mol. The molecule has 0 aromatic heterocycles. The monoisotopic (exact) mass is 542 g/mol. The maximum atomic E-state index is 14.8. The van der Waals surface area contributed by atoms with Crippen molar-refractivity contribution in [3.05, 3.63) is 124 Å². The van der Waals surface area contributed by atoms with Crippen LogP contribution in [0, 0.1) is 5.82 Å². The number of halogens is 1. The van der Waals surface area contributed by atoms with Crippen LogP contribution in [0.4, 0.5) is 4.39 Å². The Morgan fingerprint density at radius 1 is 0.675 bits per heavy atom. The van der Waals surface area contributed by atoms with Crippen LogP contribution in [0.25, 0.3) is 0 Å². The Morgan fingerprint density at radius 2 is 1.25 bits per heavy atom. The topological polar surface area (TPSA) is 127 Å². The Hall–Kier alpha value is -5.31. The van der Waals surface area contributed by atoms with Crippen LogP contribution in [-0.2, 0) is 4.74 Å². The molecular weight excluding hydrogens is 519 g/mol. The van der Waals surface area contributed by atoms with Gasteiger partial charge in [0.1, 0.15) is 5.82 Å². The van der Waals surface area contributed by atoms with E-state index in [1.807, 2.05) is 0 Å². The summed E-state index contributed by atoms with van der Waals surface area (Å²) >= 11 is 0. The molecule has 0 bridgehead atoms. The number of ketones is 2. The van der Waals surface area contributed by atoms with Gasteiger partial charge in [0, 0.05) is 5.56 Å². The normalized spacial score (nSPS) is 10.6. The van der Waals surface area contributed by atoms with Crippen molar-refractivity contribution in [2.45, 2.75) is 13.3 Å². The van der Waals surface area contributed by atoms with Gasteiger partial charge >= 0.3 is 11.9 Å². The summed E-state index contributed by atoms with van der Waals surface area (Å²) in [5.74, 6) is -8.65. The summed E-state index contributed by atoms with van der Waals surface area (Å²) in [7, 11) is 0. The van der Waals surface area contributed by atoms with Crippen LogP contribution in [0.3, 0.4) is 0 Å². The molecule has 4 aromatic carbocycles. The van der Waals surface area contributed by atoms with Gasteiger partial charge in [-0.25, -0.2) is 14.0 Å². The van der Waals surface area contributed by atoms with E-state index in [9.17, 15) is 33.8 Å². The van der Waals surface area contributed by atoms with Crippen LogP contribution in [0.2, 0.25) is 0 Å². The number of phenols is 2. The van der Waals surface area contributed by atoms with E-state index < -0.39 is 68.8 Å². The minimum absolute atomic E-state index is 0.0000579. The lowest BCUT2D eigenvalue weighted by Gasteiger charge is -2.20. The quantitative estimate of drug-likeness (QED) is 0.123. The molecule has 4 rings (SSSR count). The van der Waals surface area contributed by atoms with Crippen molar-refractivity contribution in [1.29, 1.82) is 0 Å². The minimum atomic E-state index is -1.23. The number of phenolic OH excluding ortho intramolecular Hbond substituents is 2. The summed E-state index contributed by atoms with van der Waals surface area (Å²) < 4.78 is 25.4. The number of carbonyl (C=O) groups is 4. The second-order valence-corrected chi connectivity index (χ2v) is 8.55. The first kappa shape index (κ1) is 27.7. The van der Waals surface area contributed by atoms with Crippen LogP contribution < -0.4 is 4.74 Å². The van der Waals surface area contributed by atoms with Gasteiger partial charge in [-0.2, -0.15) is 0 Å². The van der Waals surface area contributed by atoms with Crippen LogP contribution in [0.5, 0.6) is 17.2 Å². The molecule has 0 radical (unpaired) electrons. The maximum absolute atomic E-state index is 14.8. The highest BCUT2D eigenvalue weighted by atomic mass is 19.1. The number of ether oxygens (including phenoxy) is 2. The largest absolute Gasteiger partial charge is 0.504 e. The van der Waals surface area contributed by atoms with E-state index in [1.165, 1.54) is 60.7 Å². The van der Waals surface area contributed by atoms with Gasteiger partial charge in [-0.05, 0) is 30.7 Å². The molecule has 4 aromatic rings. The smallest absolute Gasteiger partial charge is 0.343 e. The van der Waals surface area contributed by atoms with Crippen LogP contribution in [0.15, 0.2) is 84.9 Å². The van der Waals surface area contributed by atoms with Gasteiger partial charge in [0.25, 0.3) is 0 Å². The van der Waals surface area contributed by atoms with Crippen molar-refractivity contribution < 1.29 is 43.3 Å². The molecule has 202 valence electrons. The molecule has 2 N–H and O–H groups in total. The summed E-state index contributed by atoms with van der Waals surface area (Å²) in [5.41, 5.74) is -2.94. The number of esters is 2. The van der Waals surface area contributed by atoms with Gasteiger partial charge in [-0.1, -0.05) is 67.6 Å². The molecule has 0 spiro atoms. The second kappa shape index (κ2) is 12.0. The Bertz CT molecular complexity index is 1600. The summed E-state index contributed by atoms with van der Waals surface area (Å²) in [5, 5.41) is 22.0. The predicted molar refractivity (Wildman–Crippen MR) is 141 cm³/mol. The number of hydrogen-bond acceptors (Lipinski definition) is 8. The van der Waals surface area contributed by atoms with Crippen LogP contribution in [-0.4, -0.2) is 40.3 Å². The summed E-state index contributed by atoms with van der Waals surface area (Å²) in [6.07, 6.45) is 0.365. The van der Waals surface area contributed by atoms with Crippen molar-refractivity contribution in [1.82, 2.24) is 0 Å². The number of aromatic hydroxyl groups is 2. The zero-order valence-electron chi connectivity index (χ0n) is 21.2. The molecule has 9 heteroatoms. The van der Waals surface area contributed by atoms with E-state index in [0.717, 1.165) is 12.1 Å². The SMILES string of the molecule is CCCOC(=O)c1c(C(=O)c2ccccc2)c(O)c(O)c(OC(=O)c2ccccc2)c1C(=O)c1ccccc1F. The van der Waals surface area contributed by atoms with Gasteiger partial charge in [-0.3, -0.25) is 9.59 Å². The zero-order valence-corrected chi connectivity index (χ0v) is 21.2. The van der Waals surface area contributed by atoms with Gasteiger partial charge in [-0.15, -0.1) is 0 Å². The number of carbonyl (C=O) groups excluding carboxylic acids is 4. The van der Waals surface area contributed by atoms with Gasteiger partial charge in [0.2, 0.25) is 11.5 Å². The van der Waals surface area contributed by atoms with Crippen molar-refractivity contribution in [2.75, 3.05) is 6.61 Å². The van der Waals surface area contributed by atoms with Crippen molar-refractivity contribution in [2.24, 2.45) is 0 Å². The predicted octanol–water partition coefficient (Wildman–Crippen LogP) is 5.48. The van der Waals surface area contributed by atoms with E-state index >= 15 is 0 Å². The van der Waals surface area contributed by atoms with E-state index in [0.29, 0.717) is 6.42 Å². The Balaban J connectivity index is 2.06. The van der Waals surface area contributed by atoms with Gasteiger partial charge in [0.05, 0.1) is 34.4 Å². The minimum Gasteiger partial charge on any atom is -0.504 e. The van der Waals surface area contributed by atoms with E-state index in [-0.39, 0.29) is 17.7 Å². The number of rotatable bonds is 9. The first-order chi connectivity index (χ1) is 19.3.